The second-order valence-corrected chi connectivity index (χ2v) is 5.72. The Kier molecular flexibility index (Phi) is 3.92. The van der Waals surface area contributed by atoms with E-state index >= 15 is 0 Å². The van der Waals surface area contributed by atoms with Gasteiger partial charge in [-0.1, -0.05) is 13.0 Å². The number of hydrogen-bond donors (Lipinski definition) is 1. The van der Waals surface area contributed by atoms with E-state index < -0.39 is 9.05 Å². The van der Waals surface area contributed by atoms with Crippen molar-refractivity contribution in [2.24, 2.45) is 5.73 Å². The number of halogens is 1. The number of hydrogen-bond acceptors (Lipinski definition) is 4. The Morgan fingerprint density at radius 2 is 2.12 bits per heavy atom. The van der Waals surface area contributed by atoms with Gasteiger partial charge in [-0.05, 0) is 23.6 Å². The van der Waals surface area contributed by atoms with Crippen LogP contribution >= 0.6 is 10.7 Å². The number of nitrogens with zero attached hydrogens (tertiary/aromatic N) is 1. The molecule has 0 aliphatic carbocycles. The summed E-state index contributed by atoms with van der Waals surface area (Å²) in [6.45, 7) is 2.02. The molecule has 0 heterocycles. The van der Waals surface area contributed by atoms with E-state index in [-0.39, 0.29) is 17.0 Å². The van der Waals surface area contributed by atoms with E-state index in [1.165, 1.54) is 6.07 Å². The third-order valence-corrected chi connectivity index (χ3v) is 3.70. The molecule has 1 aromatic carbocycles. The highest BCUT2D eigenvalue weighted by atomic mass is 35.7. The Morgan fingerprint density at radius 3 is 2.50 bits per heavy atom. The van der Waals surface area contributed by atoms with Gasteiger partial charge in [-0.3, -0.25) is 0 Å². The second-order valence-electron chi connectivity index (χ2n) is 3.18. The predicted molar refractivity (Wildman–Crippen MR) is 61.5 cm³/mol. The number of aryl methyl sites for hydroxylation is 1. The molecule has 0 fully saturated rings. The first-order valence-corrected chi connectivity index (χ1v) is 6.96. The van der Waals surface area contributed by atoms with Gasteiger partial charge in [0, 0.05) is 17.2 Å². The minimum Gasteiger partial charge on any atom is -0.326 e. The maximum atomic E-state index is 11.3. The minimum absolute atomic E-state index is 0.0526. The van der Waals surface area contributed by atoms with Crippen molar-refractivity contribution in [2.45, 2.75) is 24.8 Å². The maximum absolute atomic E-state index is 11.3. The second kappa shape index (κ2) is 4.83. The average molecular weight is 259 g/mol. The fraction of sp³-hybridized carbons (Fsp3) is 0.300. The van der Waals surface area contributed by atoms with Gasteiger partial charge in [-0.25, -0.2) is 8.42 Å². The van der Waals surface area contributed by atoms with E-state index in [9.17, 15) is 8.42 Å². The molecular weight excluding hydrogens is 248 g/mol. The van der Waals surface area contributed by atoms with Crippen molar-refractivity contribution in [1.29, 1.82) is 5.26 Å². The molecule has 0 radical (unpaired) electrons. The lowest BCUT2D eigenvalue weighted by atomic mass is 10.00. The van der Waals surface area contributed by atoms with Crippen LogP contribution in [0, 0.1) is 11.3 Å². The van der Waals surface area contributed by atoms with Crippen LogP contribution in [0.1, 0.15) is 23.6 Å². The summed E-state index contributed by atoms with van der Waals surface area (Å²) in [5, 5.41) is 8.99. The van der Waals surface area contributed by atoms with Gasteiger partial charge in [0.15, 0.2) is 0 Å². The van der Waals surface area contributed by atoms with Crippen molar-refractivity contribution in [3.8, 4) is 6.07 Å². The van der Waals surface area contributed by atoms with Gasteiger partial charge in [0.1, 0.15) is 11.0 Å². The standard InChI is InChI=1S/C10H11ClN2O2S/c1-2-7-3-4-10(16(11,14)15)9(6-13)8(7)5-12/h3-4H,2,5,12H2,1H3. The van der Waals surface area contributed by atoms with E-state index in [0.29, 0.717) is 12.0 Å². The fourth-order valence-electron chi connectivity index (χ4n) is 1.56. The monoisotopic (exact) mass is 258 g/mol. The Morgan fingerprint density at radius 1 is 1.50 bits per heavy atom. The largest absolute Gasteiger partial charge is 0.326 e. The maximum Gasteiger partial charge on any atom is 0.262 e. The van der Waals surface area contributed by atoms with Crippen LogP contribution in [0.2, 0.25) is 0 Å². The normalized spacial score (nSPS) is 11.1. The van der Waals surface area contributed by atoms with Gasteiger partial charge in [0.2, 0.25) is 0 Å². The summed E-state index contributed by atoms with van der Waals surface area (Å²) in [5.74, 6) is 0. The van der Waals surface area contributed by atoms with Gasteiger partial charge >= 0.3 is 0 Å². The lowest BCUT2D eigenvalue weighted by Crippen LogP contribution is -2.08. The third kappa shape index (κ3) is 2.35. The lowest BCUT2D eigenvalue weighted by molar-refractivity contribution is 0.609. The molecule has 1 aromatic rings. The highest BCUT2D eigenvalue weighted by molar-refractivity contribution is 8.13. The number of nitriles is 1. The molecule has 1 rings (SSSR count). The summed E-state index contributed by atoms with van der Waals surface area (Å²) in [4.78, 5) is -0.172. The van der Waals surface area contributed by atoms with Gasteiger partial charge in [-0.2, -0.15) is 5.26 Å². The van der Waals surface area contributed by atoms with Crippen LogP contribution in [0.5, 0.6) is 0 Å². The molecule has 0 saturated carbocycles. The summed E-state index contributed by atoms with van der Waals surface area (Å²) < 4.78 is 22.5. The smallest absolute Gasteiger partial charge is 0.262 e. The average Bonchev–Trinajstić information content (AvgIpc) is 2.25. The SMILES string of the molecule is CCc1ccc(S(=O)(=O)Cl)c(C#N)c1CN. The van der Waals surface area contributed by atoms with Gasteiger partial charge in [-0.15, -0.1) is 0 Å². The van der Waals surface area contributed by atoms with Crippen molar-refractivity contribution in [3.05, 3.63) is 28.8 Å². The highest BCUT2D eigenvalue weighted by Gasteiger charge is 2.19. The fourth-order valence-corrected chi connectivity index (χ4v) is 2.59. The van der Waals surface area contributed by atoms with E-state index in [1.807, 2.05) is 13.0 Å². The quantitative estimate of drug-likeness (QED) is 0.833. The molecule has 2 N–H and O–H groups in total. The zero-order valence-corrected chi connectivity index (χ0v) is 10.3. The van der Waals surface area contributed by atoms with Crippen molar-refractivity contribution >= 4 is 19.7 Å². The molecule has 0 saturated heterocycles. The van der Waals surface area contributed by atoms with Crippen LogP contribution in [-0.4, -0.2) is 8.42 Å². The molecule has 16 heavy (non-hydrogen) atoms. The van der Waals surface area contributed by atoms with Crippen molar-refractivity contribution < 1.29 is 8.42 Å². The van der Waals surface area contributed by atoms with Crippen molar-refractivity contribution in [3.63, 3.8) is 0 Å². The first-order chi connectivity index (χ1) is 7.45. The molecule has 0 atom stereocenters. The lowest BCUT2D eigenvalue weighted by Gasteiger charge is -2.10. The molecule has 0 bridgehead atoms. The molecule has 0 aliphatic heterocycles. The Bertz CT molecular complexity index is 547. The molecular formula is C10H11ClN2O2S. The summed E-state index contributed by atoms with van der Waals surface area (Å²) in [7, 11) is 1.34. The first kappa shape index (κ1) is 13.0. The number of benzene rings is 1. The van der Waals surface area contributed by atoms with Gasteiger partial charge < -0.3 is 5.73 Å². The minimum atomic E-state index is -3.91. The van der Waals surface area contributed by atoms with Gasteiger partial charge in [0.05, 0.1) is 5.56 Å². The van der Waals surface area contributed by atoms with Gasteiger partial charge in [0.25, 0.3) is 9.05 Å². The Labute approximate surface area is 99.1 Å². The van der Waals surface area contributed by atoms with E-state index in [1.54, 1.807) is 6.07 Å². The molecule has 0 spiro atoms. The summed E-state index contributed by atoms with van der Waals surface area (Å²) >= 11 is 0. The Balaban J connectivity index is 3.65. The van der Waals surface area contributed by atoms with Crippen molar-refractivity contribution in [1.82, 2.24) is 0 Å². The Hall–Kier alpha value is -1.09. The third-order valence-electron chi connectivity index (χ3n) is 2.33. The first-order valence-electron chi connectivity index (χ1n) is 4.65. The van der Waals surface area contributed by atoms with E-state index in [4.69, 9.17) is 21.7 Å². The summed E-state index contributed by atoms with van der Waals surface area (Å²) in [6.07, 6.45) is 0.684. The van der Waals surface area contributed by atoms with Crippen LogP contribution in [0.25, 0.3) is 0 Å². The summed E-state index contributed by atoms with van der Waals surface area (Å²) in [6, 6.07) is 4.84. The van der Waals surface area contributed by atoms with E-state index in [2.05, 4.69) is 0 Å². The zero-order chi connectivity index (χ0) is 12.3. The molecule has 86 valence electrons. The summed E-state index contributed by atoms with van der Waals surface area (Å²) in [5.41, 5.74) is 6.99. The number of rotatable bonds is 3. The highest BCUT2D eigenvalue weighted by Crippen LogP contribution is 2.25. The van der Waals surface area contributed by atoms with Crippen LogP contribution < -0.4 is 5.73 Å². The molecule has 0 aromatic heterocycles. The van der Waals surface area contributed by atoms with Crippen LogP contribution in [-0.2, 0) is 22.0 Å². The van der Waals surface area contributed by atoms with Crippen LogP contribution in [0.3, 0.4) is 0 Å². The molecule has 0 unspecified atom stereocenters. The van der Waals surface area contributed by atoms with Crippen molar-refractivity contribution in [2.75, 3.05) is 0 Å². The number of nitrogens with two attached hydrogens (primary N) is 1. The predicted octanol–water partition coefficient (Wildman–Crippen LogP) is 1.51. The topological polar surface area (TPSA) is 84.0 Å². The zero-order valence-electron chi connectivity index (χ0n) is 8.70. The van der Waals surface area contributed by atoms with E-state index in [0.717, 1.165) is 5.56 Å². The molecule has 0 amide bonds. The van der Waals surface area contributed by atoms with Crippen LogP contribution in [0.4, 0.5) is 0 Å². The molecule has 0 aliphatic rings. The molecule has 4 nitrogen and oxygen atoms in total. The van der Waals surface area contributed by atoms with Crippen LogP contribution in [0.15, 0.2) is 17.0 Å². The molecule has 6 heteroatoms.